The first-order chi connectivity index (χ1) is 8.74. The predicted molar refractivity (Wildman–Crippen MR) is 68.1 cm³/mol. The van der Waals surface area contributed by atoms with Crippen molar-refractivity contribution in [1.29, 1.82) is 0 Å². The molecule has 3 aromatic heterocycles. The summed E-state index contributed by atoms with van der Waals surface area (Å²) in [6.45, 7) is 1.99. The second-order valence-electron chi connectivity index (χ2n) is 4.05. The summed E-state index contributed by atoms with van der Waals surface area (Å²) in [5.41, 5.74) is 6.49. The van der Waals surface area contributed by atoms with Crippen LogP contribution in [0.5, 0.6) is 0 Å². The summed E-state index contributed by atoms with van der Waals surface area (Å²) in [5.74, 6) is 1.92. The fraction of sp³-hybridized carbons (Fsp3) is 0.167. The summed E-state index contributed by atoms with van der Waals surface area (Å²) < 4.78 is 7.18. The van der Waals surface area contributed by atoms with Gasteiger partial charge in [-0.25, -0.2) is 9.97 Å². The van der Waals surface area contributed by atoms with E-state index in [9.17, 15) is 0 Å². The number of anilines is 2. The lowest BCUT2D eigenvalue weighted by Gasteiger charge is -2.13. The van der Waals surface area contributed by atoms with Crippen molar-refractivity contribution in [2.45, 2.75) is 13.0 Å². The van der Waals surface area contributed by atoms with Crippen LogP contribution in [0.3, 0.4) is 0 Å². The maximum Gasteiger partial charge on any atom is 0.180 e. The zero-order chi connectivity index (χ0) is 12.5. The molecule has 0 aliphatic heterocycles. The van der Waals surface area contributed by atoms with Crippen LogP contribution in [0.25, 0.3) is 5.65 Å². The monoisotopic (exact) mass is 243 g/mol. The van der Waals surface area contributed by atoms with Gasteiger partial charge in [-0.2, -0.15) is 0 Å². The van der Waals surface area contributed by atoms with E-state index < -0.39 is 0 Å². The topological polar surface area (TPSA) is 81.4 Å². The maximum atomic E-state index is 5.76. The number of furan rings is 1. The Balaban J connectivity index is 1.97. The van der Waals surface area contributed by atoms with E-state index in [0.29, 0.717) is 11.6 Å². The van der Waals surface area contributed by atoms with Crippen molar-refractivity contribution in [2.75, 3.05) is 11.1 Å². The molecule has 92 valence electrons. The average molecular weight is 243 g/mol. The third-order valence-corrected chi connectivity index (χ3v) is 2.72. The fourth-order valence-corrected chi connectivity index (χ4v) is 1.86. The Labute approximate surface area is 103 Å². The third-order valence-electron chi connectivity index (χ3n) is 2.72. The quantitative estimate of drug-likeness (QED) is 0.736. The number of nitrogens with two attached hydrogens (primary N) is 1. The van der Waals surface area contributed by atoms with Crippen LogP contribution >= 0.6 is 0 Å². The van der Waals surface area contributed by atoms with Crippen molar-refractivity contribution in [1.82, 2.24) is 14.4 Å². The van der Waals surface area contributed by atoms with Crippen LogP contribution in [0.15, 0.2) is 41.4 Å². The Morgan fingerprint density at radius 2 is 2.39 bits per heavy atom. The van der Waals surface area contributed by atoms with Gasteiger partial charge in [-0.05, 0) is 19.1 Å². The number of nitrogens with one attached hydrogen (secondary N) is 1. The molecule has 3 rings (SSSR count). The van der Waals surface area contributed by atoms with Crippen molar-refractivity contribution in [2.24, 2.45) is 0 Å². The second kappa shape index (κ2) is 4.06. The molecule has 3 aromatic rings. The summed E-state index contributed by atoms with van der Waals surface area (Å²) in [6.07, 6.45) is 6.91. The lowest BCUT2D eigenvalue weighted by Crippen LogP contribution is -2.09. The summed E-state index contributed by atoms with van der Waals surface area (Å²) in [7, 11) is 0. The summed E-state index contributed by atoms with van der Waals surface area (Å²) in [4.78, 5) is 8.51. The number of rotatable bonds is 3. The zero-order valence-corrected chi connectivity index (χ0v) is 9.87. The van der Waals surface area contributed by atoms with E-state index in [2.05, 4.69) is 15.3 Å². The van der Waals surface area contributed by atoms with E-state index in [0.717, 1.165) is 11.4 Å². The molecular formula is C12H13N5O. The molecule has 0 radical (unpaired) electrons. The number of nitrogens with zero attached hydrogens (tertiary/aromatic N) is 3. The Kier molecular flexibility index (Phi) is 2.40. The normalized spacial score (nSPS) is 12.7. The molecule has 3 N–H and O–H groups in total. The minimum atomic E-state index is -0.00481. The van der Waals surface area contributed by atoms with Crippen molar-refractivity contribution in [3.05, 3.63) is 42.7 Å². The lowest BCUT2D eigenvalue weighted by molar-refractivity contribution is 0.490. The zero-order valence-electron chi connectivity index (χ0n) is 9.87. The largest absolute Gasteiger partial charge is 0.467 e. The number of imidazole rings is 1. The Bertz CT molecular complexity index is 658. The molecule has 0 bridgehead atoms. The van der Waals surface area contributed by atoms with E-state index in [1.165, 1.54) is 0 Å². The molecule has 0 saturated carbocycles. The molecule has 1 atom stereocenters. The van der Waals surface area contributed by atoms with Crippen molar-refractivity contribution >= 4 is 17.3 Å². The van der Waals surface area contributed by atoms with Gasteiger partial charge >= 0.3 is 0 Å². The van der Waals surface area contributed by atoms with Crippen LogP contribution in [0.2, 0.25) is 0 Å². The lowest BCUT2D eigenvalue weighted by atomic mass is 10.2. The van der Waals surface area contributed by atoms with Crippen LogP contribution in [0, 0.1) is 0 Å². The highest BCUT2D eigenvalue weighted by atomic mass is 16.3. The Hall–Kier alpha value is -2.50. The summed E-state index contributed by atoms with van der Waals surface area (Å²) in [5, 5.41) is 3.25. The van der Waals surface area contributed by atoms with Crippen molar-refractivity contribution in [3.63, 3.8) is 0 Å². The third kappa shape index (κ3) is 1.77. The number of hydrogen-bond donors (Lipinski definition) is 2. The van der Waals surface area contributed by atoms with Gasteiger partial charge in [0.05, 0.1) is 18.5 Å². The second-order valence-corrected chi connectivity index (χ2v) is 4.05. The molecule has 1 unspecified atom stereocenters. The highest BCUT2D eigenvalue weighted by Crippen LogP contribution is 2.21. The van der Waals surface area contributed by atoms with Crippen LogP contribution in [0.1, 0.15) is 18.7 Å². The van der Waals surface area contributed by atoms with Crippen LogP contribution in [-0.2, 0) is 0 Å². The highest BCUT2D eigenvalue weighted by molar-refractivity contribution is 5.65. The van der Waals surface area contributed by atoms with Gasteiger partial charge in [0.1, 0.15) is 11.6 Å². The van der Waals surface area contributed by atoms with Crippen molar-refractivity contribution < 1.29 is 4.42 Å². The molecule has 6 heteroatoms. The molecule has 0 aliphatic carbocycles. The van der Waals surface area contributed by atoms with Gasteiger partial charge in [-0.3, -0.25) is 0 Å². The standard InChI is InChI=1S/C12H13N5O/c1-8(9-3-2-6-18-9)15-11-12-14-4-5-17(12)7-10(13)16-11/h2-8H,13H2,1H3,(H,15,16). The van der Waals surface area contributed by atoms with Crippen LogP contribution in [0.4, 0.5) is 11.6 Å². The van der Waals surface area contributed by atoms with Gasteiger partial charge in [0, 0.05) is 12.4 Å². The Morgan fingerprint density at radius 1 is 1.50 bits per heavy atom. The first kappa shape index (κ1) is 10.6. The van der Waals surface area contributed by atoms with Gasteiger partial charge in [0.15, 0.2) is 11.5 Å². The molecule has 0 saturated heterocycles. The molecule has 0 spiro atoms. The van der Waals surface area contributed by atoms with Gasteiger partial charge in [-0.15, -0.1) is 0 Å². The number of nitrogen functional groups attached to an aromatic ring is 1. The molecule has 0 amide bonds. The number of fused-ring (bicyclic) bond motifs is 1. The van der Waals surface area contributed by atoms with E-state index in [1.807, 2.05) is 29.7 Å². The smallest absolute Gasteiger partial charge is 0.180 e. The van der Waals surface area contributed by atoms with E-state index >= 15 is 0 Å². The molecule has 0 aromatic carbocycles. The SMILES string of the molecule is CC(Nc1nc(N)cn2ccnc12)c1ccco1. The highest BCUT2D eigenvalue weighted by Gasteiger charge is 2.12. The fourth-order valence-electron chi connectivity index (χ4n) is 1.86. The van der Waals surface area contributed by atoms with Crippen LogP contribution < -0.4 is 11.1 Å². The van der Waals surface area contributed by atoms with Gasteiger partial charge < -0.3 is 19.9 Å². The maximum absolute atomic E-state index is 5.76. The first-order valence-corrected chi connectivity index (χ1v) is 5.63. The molecule has 0 fully saturated rings. The van der Waals surface area contributed by atoms with Gasteiger partial charge in [0.2, 0.25) is 0 Å². The molecular weight excluding hydrogens is 230 g/mol. The molecule has 6 nitrogen and oxygen atoms in total. The minimum absolute atomic E-state index is 0.00481. The number of hydrogen-bond acceptors (Lipinski definition) is 5. The number of aromatic nitrogens is 3. The average Bonchev–Trinajstić information content (AvgIpc) is 2.98. The van der Waals surface area contributed by atoms with Crippen molar-refractivity contribution in [3.8, 4) is 0 Å². The van der Waals surface area contributed by atoms with Gasteiger partial charge in [-0.1, -0.05) is 0 Å². The van der Waals surface area contributed by atoms with Gasteiger partial charge in [0.25, 0.3) is 0 Å². The predicted octanol–water partition coefficient (Wildman–Crippen LogP) is 2.08. The Morgan fingerprint density at radius 3 is 3.17 bits per heavy atom. The molecule has 3 heterocycles. The van der Waals surface area contributed by atoms with E-state index in [1.54, 1.807) is 18.7 Å². The summed E-state index contributed by atoms with van der Waals surface area (Å²) in [6, 6.07) is 3.76. The first-order valence-electron chi connectivity index (χ1n) is 5.63. The molecule has 0 aliphatic rings. The molecule has 18 heavy (non-hydrogen) atoms. The van der Waals surface area contributed by atoms with E-state index in [4.69, 9.17) is 10.2 Å². The summed E-state index contributed by atoms with van der Waals surface area (Å²) >= 11 is 0. The van der Waals surface area contributed by atoms with Crippen LogP contribution in [-0.4, -0.2) is 14.4 Å². The minimum Gasteiger partial charge on any atom is -0.467 e. The van der Waals surface area contributed by atoms with E-state index in [-0.39, 0.29) is 6.04 Å².